The molecular weight excluding hydrogens is 453 g/mol. The van der Waals surface area contributed by atoms with Crippen molar-refractivity contribution in [1.82, 2.24) is 20.6 Å². The molecule has 0 aromatic carbocycles. The first-order valence-electron chi connectivity index (χ1n) is 7.17. The molecule has 0 fully saturated rings. The third-order valence-corrected chi connectivity index (χ3v) is 2.87. The summed E-state index contributed by atoms with van der Waals surface area (Å²) in [5.41, 5.74) is 0.337. The van der Waals surface area contributed by atoms with Crippen molar-refractivity contribution in [3.05, 3.63) is 24.3 Å². The maximum Gasteiger partial charge on any atom is 2.00 e. The van der Waals surface area contributed by atoms with E-state index >= 15 is 0 Å². The molecule has 2 N–H and O–H groups in total. The van der Waals surface area contributed by atoms with E-state index in [9.17, 15) is 13.2 Å². The van der Waals surface area contributed by atoms with Gasteiger partial charge in [0.05, 0.1) is 5.71 Å². The molecule has 1 heterocycles. The summed E-state index contributed by atoms with van der Waals surface area (Å²) in [4.78, 5) is 8.07. The zero-order valence-electron chi connectivity index (χ0n) is 14.1. The minimum absolute atomic E-state index is 0. The molecule has 1 radical (unpaired) electrons. The quantitative estimate of drug-likeness (QED) is 0.214. The summed E-state index contributed by atoms with van der Waals surface area (Å²) < 4.78 is 36.4. The van der Waals surface area contributed by atoms with Crippen molar-refractivity contribution >= 4 is 47.0 Å². The number of nitrogens with zero attached hydrogens (tertiary/aromatic N) is 6. The molecule has 1 aromatic heterocycles. The van der Waals surface area contributed by atoms with Crippen LogP contribution >= 0.6 is 0 Å². The number of nitrogens with one attached hydrogen (secondary N) is 2. The predicted molar refractivity (Wildman–Crippen MR) is 99.0 cm³/mol. The fourth-order valence-electron chi connectivity index (χ4n) is 1.36. The van der Waals surface area contributed by atoms with Crippen LogP contribution in [0.2, 0.25) is 0 Å². The Kier molecular flexibility index (Phi) is 11.6. The van der Waals surface area contributed by atoms with Crippen molar-refractivity contribution in [2.24, 2.45) is 20.4 Å². The Hall–Kier alpha value is -1.89. The zero-order chi connectivity index (χ0) is 19.6. The third kappa shape index (κ3) is 10.8. The molecule has 1 aromatic rings. The van der Waals surface area contributed by atoms with Gasteiger partial charge in [-0.1, -0.05) is 0 Å². The van der Waals surface area contributed by atoms with E-state index in [0.29, 0.717) is 6.54 Å². The van der Waals surface area contributed by atoms with Gasteiger partial charge >= 0.3 is 23.2 Å². The number of amidine groups is 2. The van der Waals surface area contributed by atoms with Crippen LogP contribution in [0.4, 0.5) is 13.2 Å². The largest absolute Gasteiger partial charge is 2.00 e. The second-order valence-corrected chi connectivity index (χ2v) is 5.29. The van der Waals surface area contributed by atoms with Crippen LogP contribution in [0, 0.1) is 0 Å². The summed E-state index contributed by atoms with van der Waals surface area (Å²) in [7, 11) is 0. The van der Waals surface area contributed by atoms with Crippen LogP contribution in [0.25, 0.3) is 0 Å². The molecule has 0 aliphatic rings. The Morgan fingerprint density at radius 2 is 1.59 bits per heavy atom. The fourth-order valence-corrected chi connectivity index (χ4v) is 1.66. The molecule has 0 unspecified atom stereocenters. The van der Waals surface area contributed by atoms with Gasteiger partial charge in [-0.25, -0.2) is 9.97 Å². The fraction of sp³-hybridized carbons (Fsp3) is 0.385. The molecular formula is C13H15CuF3N8S2. The van der Waals surface area contributed by atoms with Crippen LogP contribution < -0.4 is 10.6 Å². The van der Waals surface area contributed by atoms with Crippen molar-refractivity contribution in [2.75, 3.05) is 13.1 Å². The first-order chi connectivity index (χ1) is 12.2. The van der Waals surface area contributed by atoms with Gasteiger partial charge in [-0.3, -0.25) is 0 Å². The second-order valence-electron chi connectivity index (χ2n) is 4.52. The molecule has 151 valence electrons. The van der Waals surface area contributed by atoms with E-state index in [4.69, 9.17) is 12.6 Å². The zero-order valence-corrected chi connectivity index (χ0v) is 16.7. The standard InChI is InChI=1S/C13H17F3N8S2.Cu/c1-3-17-11(25)24-22-9(10-18-5-4-6-19-10)8(2)21-23-12(26)20-7-13(14,15)16;/h4-6H,3,7H2,1-2H3,(H2,17,24,25)(H2,20,23,26);/q;+2/p-2. The average molecular weight is 468 g/mol. The van der Waals surface area contributed by atoms with E-state index in [2.05, 4.69) is 48.3 Å². The Balaban J connectivity index is 0.00000676. The van der Waals surface area contributed by atoms with Gasteiger partial charge < -0.3 is 35.9 Å². The molecule has 8 nitrogen and oxygen atoms in total. The predicted octanol–water partition coefficient (Wildman–Crippen LogP) is 1.12. The summed E-state index contributed by atoms with van der Waals surface area (Å²) in [5, 5.41) is 19.5. The van der Waals surface area contributed by atoms with Gasteiger partial charge in [-0.05, 0) is 30.2 Å². The topological polar surface area (TPSA) is 99.3 Å². The van der Waals surface area contributed by atoms with Gasteiger partial charge in [0.15, 0.2) is 11.5 Å². The Morgan fingerprint density at radius 1 is 1.04 bits per heavy atom. The maximum atomic E-state index is 12.1. The molecule has 0 aliphatic heterocycles. The van der Waals surface area contributed by atoms with E-state index in [1.165, 1.54) is 19.3 Å². The van der Waals surface area contributed by atoms with Crippen molar-refractivity contribution in [2.45, 2.75) is 20.0 Å². The Bertz CT molecular complexity index is 707. The van der Waals surface area contributed by atoms with Gasteiger partial charge in [-0.2, -0.15) is 28.5 Å². The van der Waals surface area contributed by atoms with Crippen LogP contribution in [0.5, 0.6) is 0 Å². The normalized spacial score (nSPS) is 13.8. The third-order valence-electron chi connectivity index (χ3n) is 2.42. The monoisotopic (exact) mass is 467 g/mol. The Morgan fingerprint density at radius 3 is 2.15 bits per heavy atom. The van der Waals surface area contributed by atoms with E-state index in [-0.39, 0.29) is 39.5 Å². The van der Waals surface area contributed by atoms with Crippen molar-refractivity contribution in [3.8, 4) is 0 Å². The first-order valence-corrected chi connectivity index (χ1v) is 7.98. The summed E-state index contributed by atoms with van der Waals surface area (Å²) in [6, 6.07) is 1.61. The summed E-state index contributed by atoms with van der Waals surface area (Å²) in [6.07, 6.45) is -1.44. The maximum absolute atomic E-state index is 12.1. The van der Waals surface area contributed by atoms with E-state index in [1.54, 1.807) is 6.07 Å². The number of hydrogen-bond donors (Lipinski definition) is 2. The van der Waals surface area contributed by atoms with Crippen LogP contribution in [0.15, 0.2) is 38.9 Å². The first kappa shape index (κ1) is 25.1. The summed E-state index contributed by atoms with van der Waals surface area (Å²) in [5.74, 6) is 0.196. The molecule has 0 bridgehead atoms. The molecule has 1 rings (SSSR count). The van der Waals surface area contributed by atoms with Crippen molar-refractivity contribution in [1.29, 1.82) is 0 Å². The van der Waals surface area contributed by atoms with Crippen molar-refractivity contribution < 1.29 is 30.2 Å². The number of halogens is 3. The van der Waals surface area contributed by atoms with Crippen LogP contribution in [0.3, 0.4) is 0 Å². The van der Waals surface area contributed by atoms with Crippen LogP contribution in [-0.4, -0.2) is 51.0 Å². The molecule has 0 atom stereocenters. The second kappa shape index (κ2) is 12.5. The molecule has 0 aliphatic carbocycles. The molecule has 0 saturated carbocycles. The van der Waals surface area contributed by atoms with Crippen LogP contribution in [-0.2, 0) is 42.3 Å². The summed E-state index contributed by atoms with van der Waals surface area (Å²) in [6.45, 7) is 2.61. The van der Waals surface area contributed by atoms with Gasteiger partial charge in [0, 0.05) is 18.9 Å². The SMILES string of the molecule is CCNC([S-])=NN=C(C(C)=NN=C([S-])NCC(F)(F)F)c1ncccn1.[Cu+2]. The summed E-state index contributed by atoms with van der Waals surface area (Å²) >= 11 is 9.63. The van der Waals surface area contributed by atoms with Crippen molar-refractivity contribution in [3.63, 3.8) is 0 Å². The number of rotatable bonds is 6. The van der Waals surface area contributed by atoms with Crippen LogP contribution in [0.1, 0.15) is 19.7 Å². The van der Waals surface area contributed by atoms with E-state index in [1.807, 2.05) is 12.2 Å². The molecule has 0 saturated heterocycles. The number of hydrogen-bond acceptors (Lipinski definition) is 8. The minimum Gasteiger partial charge on any atom is -0.741 e. The van der Waals surface area contributed by atoms with E-state index < -0.39 is 17.9 Å². The molecule has 0 spiro atoms. The van der Waals surface area contributed by atoms with Gasteiger partial charge in [0.2, 0.25) is 0 Å². The smallest absolute Gasteiger partial charge is 0.741 e. The molecule has 0 amide bonds. The minimum atomic E-state index is -4.41. The van der Waals surface area contributed by atoms with E-state index in [0.717, 1.165) is 0 Å². The number of aromatic nitrogens is 2. The van der Waals surface area contributed by atoms with Gasteiger partial charge in [0.1, 0.15) is 6.54 Å². The van der Waals surface area contributed by atoms with Gasteiger partial charge in [0.25, 0.3) is 0 Å². The molecule has 14 heteroatoms. The average Bonchev–Trinajstić information content (AvgIpc) is 2.59. The Labute approximate surface area is 175 Å². The molecule has 27 heavy (non-hydrogen) atoms. The van der Waals surface area contributed by atoms with Gasteiger partial charge in [-0.15, -0.1) is 5.10 Å². The number of alkyl halides is 3.